The number of hydrogen-bond acceptors (Lipinski definition) is 2. The van der Waals surface area contributed by atoms with Crippen LogP contribution >= 0.6 is 0 Å². The largest absolute Gasteiger partial charge is 0.326 e. The number of aryl methyl sites for hydroxylation is 2. The van der Waals surface area contributed by atoms with Crippen molar-refractivity contribution in [3.8, 4) is 0 Å². The number of hydrogen-bond donors (Lipinski definition) is 2. The van der Waals surface area contributed by atoms with Gasteiger partial charge in [0.25, 0.3) is 0 Å². The van der Waals surface area contributed by atoms with Crippen LogP contribution < -0.4 is 15.2 Å². The van der Waals surface area contributed by atoms with Crippen molar-refractivity contribution in [1.82, 2.24) is 0 Å². The van der Waals surface area contributed by atoms with E-state index in [1.54, 1.807) is 24.3 Å². The highest BCUT2D eigenvalue weighted by Crippen LogP contribution is 2.15. The normalized spacial score (nSPS) is 10.1. The molecule has 0 fully saturated rings. The molecule has 0 aliphatic carbocycles. The first-order valence-electron chi connectivity index (χ1n) is 7.16. The Labute approximate surface area is 130 Å². The van der Waals surface area contributed by atoms with Gasteiger partial charge in [-0.25, -0.2) is 4.57 Å². The molecule has 2 N–H and O–H groups in total. The van der Waals surface area contributed by atoms with E-state index in [0.29, 0.717) is 24.3 Å². The highest BCUT2D eigenvalue weighted by molar-refractivity contribution is 5.93. The van der Waals surface area contributed by atoms with Gasteiger partial charge < -0.3 is 10.6 Å². The Morgan fingerprint density at radius 1 is 1.05 bits per heavy atom. The number of aromatic nitrogens is 1. The molecule has 2 aromatic rings. The van der Waals surface area contributed by atoms with Crippen LogP contribution in [-0.2, 0) is 16.1 Å². The molecule has 0 spiro atoms. The minimum atomic E-state index is -0.140. The molecular formula is C17H20N3O2+. The molecule has 5 nitrogen and oxygen atoms in total. The van der Waals surface area contributed by atoms with Gasteiger partial charge in [-0.1, -0.05) is 6.07 Å². The summed E-state index contributed by atoms with van der Waals surface area (Å²) in [6, 6.07) is 11.1. The number of carbonyl (C=O) groups is 2. The molecule has 0 radical (unpaired) electrons. The van der Waals surface area contributed by atoms with E-state index in [0.717, 1.165) is 0 Å². The van der Waals surface area contributed by atoms with Gasteiger partial charge in [-0.15, -0.1) is 0 Å². The number of pyridine rings is 1. The van der Waals surface area contributed by atoms with Crippen LogP contribution in [0.15, 0.2) is 48.8 Å². The Kier molecular flexibility index (Phi) is 5.25. The van der Waals surface area contributed by atoms with Crippen LogP contribution in [-0.4, -0.2) is 11.8 Å². The van der Waals surface area contributed by atoms with Crippen molar-refractivity contribution in [3.05, 3.63) is 54.4 Å². The highest BCUT2D eigenvalue weighted by atomic mass is 16.2. The lowest BCUT2D eigenvalue weighted by molar-refractivity contribution is -0.695. The van der Waals surface area contributed by atoms with Gasteiger partial charge in [0.05, 0.1) is 6.42 Å². The van der Waals surface area contributed by atoms with Crippen LogP contribution in [0.3, 0.4) is 0 Å². The summed E-state index contributed by atoms with van der Waals surface area (Å²) >= 11 is 0. The zero-order valence-corrected chi connectivity index (χ0v) is 12.8. The summed E-state index contributed by atoms with van der Waals surface area (Å²) in [4.78, 5) is 23.0. The number of amides is 2. The molecule has 0 saturated carbocycles. The lowest BCUT2D eigenvalue weighted by Gasteiger charge is -2.07. The zero-order chi connectivity index (χ0) is 15.9. The van der Waals surface area contributed by atoms with Gasteiger partial charge in [-0.2, -0.15) is 0 Å². The van der Waals surface area contributed by atoms with E-state index in [-0.39, 0.29) is 11.8 Å². The Bertz CT molecular complexity index is 666. The molecule has 1 aromatic carbocycles. The standard InChI is InChI=1S/C17H19N3O2/c1-13-6-9-20(10-7-13)11-8-17(22)19-16-5-3-4-15(12-16)18-14(2)21/h3-7,9-10,12H,8,11H2,1-2H3,(H-,18,19,21,22)/p+1. The van der Waals surface area contributed by atoms with Gasteiger partial charge in [0.2, 0.25) is 11.8 Å². The fourth-order valence-corrected chi connectivity index (χ4v) is 2.01. The first kappa shape index (κ1) is 15.7. The van der Waals surface area contributed by atoms with Gasteiger partial charge >= 0.3 is 0 Å². The number of carbonyl (C=O) groups excluding carboxylic acids is 2. The summed E-state index contributed by atoms with van der Waals surface area (Å²) in [5.74, 6) is -0.202. The van der Waals surface area contributed by atoms with Crippen molar-refractivity contribution >= 4 is 23.2 Å². The number of nitrogens with zero attached hydrogens (tertiary/aromatic N) is 1. The monoisotopic (exact) mass is 298 g/mol. The number of anilines is 2. The maximum Gasteiger partial charge on any atom is 0.230 e. The third-order valence-electron chi connectivity index (χ3n) is 3.12. The van der Waals surface area contributed by atoms with Gasteiger partial charge in [-0.3, -0.25) is 9.59 Å². The van der Waals surface area contributed by atoms with E-state index in [1.165, 1.54) is 12.5 Å². The number of benzene rings is 1. The molecule has 1 heterocycles. The smallest absolute Gasteiger partial charge is 0.230 e. The van der Waals surface area contributed by atoms with E-state index in [2.05, 4.69) is 10.6 Å². The lowest BCUT2D eigenvalue weighted by atomic mass is 10.2. The van der Waals surface area contributed by atoms with Gasteiger partial charge in [0.1, 0.15) is 0 Å². The molecule has 0 unspecified atom stereocenters. The highest BCUT2D eigenvalue weighted by Gasteiger charge is 2.07. The summed E-state index contributed by atoms with van der Waals surface area (Å²) in [6.07, 6.45) is 4.30. The third kappa shape index (κ3) is 5.01. The average Bonchev–Trinajstić information content (AvgIpc) is 2.46. The molecule has 0 aliphatic rings. The molecule has 0 atom stereocenters. The van der Waals surface area contributed by atoms with Crippen LogP contribution in [0, 0.1) is 6.92 Å². The van der Waals surface area contributed by atoms with E-state index in [4.69, 9.17) is 0 Å². The maximum atomic E-state index is 12.0. The number of nitrogens with one attached hydrogen (secondary N) is 2. The Hall–Kier alpha value is -2.69. The van der Waals surface area contributed by atoms with E-state index < -0.39 is 0 Å². The SMILES string of the molecule is CC(=O)Nc1cccc(NC(=O)CC[n+]2ccc(C)cc2)c1. The Balaban J connectivity index is 1.89. The van der Waals surface area contributed by atoms with Crippen molar-refractivity contribution in [2.75, 3.05) is 10.6 Å². The second-order valence-corrected chi connectivity index (χ2v) is 5.17. The molecule has 5 heteroatoms. The summed E-state index contributed by atoms with van der Waals surface area (Å²) in [7, 11) is 0. The van der Waals surface area contributed by atoms with E-state index in [1.807, 2.05) is 36.0 Å². The predicted octanol–water partition coefficient (Wildman–Crippen LogP) is 2.27. The molecule has 0 bridgehead atoms. The lowest BCUT2D eigenvalue weighted by Crippen LogP contribution is -2.34. The quantitative estimate of drug-likeness (QED) is 0.832. The third-order valence-corrected chi connectivity index (χ3v) is 3.12. The molecule has 0 aliphatic heterocycles. The van der Waals surface area contributed by atoms with E-state index >= 15 is 0 Å². The van der Waals surface area contributed by atoms with Crippen LogP contribution in [0.4, 0.5) is 11.4 Å². The molecule has 114 valence electrons. The van der Waals surface area contributed by atoms with Crippen LogP contribution in [0.2, 0.25) is 0 Å². The number of rotatable bonds is 5. The van der Waals surface area contributed by atoms with Crippen molar-refractivity contribution in [1.29, 1.82) is 0 Å². The first-order valence-corrected chi connectivity index (χ1v) is 7.16. The minimum absolute atomic E-state index is 0.0620. The van der Waals surface area contributed by atoms with Crippen LogP contribution in [0.5, 0.6) is 0 Å². The molecule has 2 amide bonds. The van der Waals surface area contributed by atoms with Gasteiger partial charge in [-0.05, 0) is 30.7 Å². The fraction of sp³-hybridized carbons (Fsp3) is 0.235. The van der Waals surface area contributed by atoms with Crippen LogP contribution in [0.1, 0.15) is 18.9 Å². The molecule has 22 heavy (non-hydrogen) atoms. The second-order valence-electron chi connectivity index (χ2n) is 5.17. The molecular weight excluding hydrogens is 278 g/mol. The summed E-state index contributed by atoms with van der Waals surface area (Å²) in [5, 5.41) is 5.52. The maximum absolute atomic E-state index is 12.0. The fourth-order valence-electron chi connectivity index (χ4n) is 2.01. The molecule has 0 saturated heterocycles. The predicted molar refractivity (Wildman–Crippen MR) is 85.4 cm³/mol. The molecule has 1 aromatic heterocycles. The topological polar surface area (TPSA) is 62.1 Å². The summed E-state index contributed by atoms with van der Waals surface area (Å²) in [6.45, 7) is 4.10. The zero-order valence-electron chi connectivity index (χ0n) is 12.8. The molecule has 2 rings (SSSR count). The second kappa shape index (κ2) is 7.36. The van der Waals surface area contributed by atoms with Crippen molar-refractivity contribution < 1.29 is 14.2 Å². The Morgan fingerprint density at radius 2 is 1.68 bits per heavy atom. The van der Waals surface area contributed by atoms with Gasteiger partial charge in [0, 0.05) is 30.4 Å². The minimum Gasteiger partial charge on any atom is -0.326 e. The summed E-state index contributed by atoms with van der Waals surface area (Å²) < 4.78 is 1.97. The van der Waals surface area contributed by atoms with Crippen molar-refractivity contribution in [2.45, 2.75) is 26.8 Å². The first-order chi connectivity index (χ1) is 10.5. The van der Waals surface area contributed by atoms with Crippen LogP contribution in [0.25, 0.3) is 0 Å². The van der Waals surface area contributed by atoms with Crippen molar-refractivity contribution in [3.63, 3.8) is 0 Å². The summed E-state index contributed by atoms with van der Waals surface area (Å²) in [5.41, 5.74) is 2.53. The van der Waals surface area contributed by atoms with Gasteiger partial charge in [0.15, 0.2) is 18.9 Å². The average molecular weight is 298 g/mol. The van der Waals surface area contributed by atoms with E-state index in [9.17, 15) is 9.59 Å². The Morgan fingerprint density at radius 3 is 2.32 bits per heavy atom. The van der Waals surface area contributed by atoms with Crippen molar-refractivity contribution in [2.24, 2.45) is 0 Å².